The maximum Gasteiger partial charge on any atom is 0.348 e. The van der Waals surface area contributed by atoms with Crippen LogP contribution in [0.1, 0.15) is 20.8 Å². The van der Waals surface area contributed by atoms with E-state index in [-0.39, 0.29) is 5.97 Å². The van der Waals surface area contributed by atoms with E-state index in [1.807, 2.05) is 25.3 Å². The Morgan fingerprint density at radius 3 is 2.76 bits per heavy atom. The maximum absolute atomic E-state index is 11.7. The van der Waals surface area contributed by atoms with E-state index in [2.05, 4.69) is 4.98 Å². The van der Waals surface area contributed by atoms with Crippen molar-refractivity contribution >= 4 is 17.3 Å². The average Bonchev–Trinajstić information content (AvgIpc) is 2.70. The van der Waals surface area contributed by atoms with Crippen LogP contribution in [0.3, 0.4) is 0 Å². The SMILES string of the molecule is COC(=O)c1scc(C)c1-c1cncc(C)c1. The first-order valence-corrected chi connectivity index (χ1v) is 6.10. The summed E-state index contributed by atoms with van der Waals surface area (Å²) in [7, 11) is 1.40. The molecule has 0 radical (unpaired) electrons. The number of nitrogens with zero attached hydrogens (tertiary/aromatic N) is 1. The number of aryl methyl sites for hydroxylation is 2. The highest BCUT2D eigenvalue weighted by molar-refractivity contribution is 7.12. The van der Waals surface area contributed by atoms with Gasteiger partial charge in [0.1, 0.15) is 4.88 Å². The van der Waals surface area contributed by atoms with Gasteiger partial charge < -0.3 is 4.74 Å². The summed E-state index contributed by atoms with van der Waals surface area (Å²) in [6.07, 6.45) is 3.57. The predicted octanol–water partition coefficient (Wildman–Crippen LogP) is 3.21. The minimum Gasteiger partial charge on any atom is -0.465 e. The summed E-state index contributed by atoms with van der Waals surface area (Å²) in [6.45, 7) is 3.97. The van der Waals surface area contributed by atoms with E-state index in [9.17, 15) is 4.79 Å². The summed E-state index contributed by atoms with van der Waals surface area (Å²) in [5.74, 6) is -0.292. The second-order valence-corrected chi connectivity index (χ2v) is 4.75. The van der Waals surface area contributed by atoms with Gasteiger partial charge in [-0.25, -0.2) is 4.79 Å². The number of methoxy groups -OCH3 is 1. The smallest absolute Gasteiger partial charge is 0.348 e. The lowest BCUT2D eigenvalue weighted by Crippen LogP contribution is -2.00. The third-order valence-corrected chi connectivity index (χ3v) is 3.59. The highest BCUT2D eigenvalue weighted by atomic mass is 32.1. The topological polar surface area (TPSA) is 39.2 Å². The lowest BCUT2D eigenvalue weighted by molar-refractivity contribution is 0.0607. The lowest BCUT2D eigenvalue weighted by atomic mass is 10.0. The van der Waals surface area contributed by atoms with E-state index in [0.717, 1.165) is 22.3 Å². The second-order valence-electron chi connectivity index (χ2n) is 3.87. The fourth-order valence-electron chi connectivity index (χ4n) is 1.74. The van der Waals surface area contributed by atoms with Crippen LogP contribution >= 0.6 is 11.3 Å². The first-order valence-electron chi connectivity index (χ1n) is 5.22. The van der Waals surface area contributed by atoms with Crippen molar-refractivity contribution in [2.75, 3.05) is 7.11 Å². The molecule has 2 aromatic rings. The Bertz CT molecular complexity index is 560. The van der Waals surface area contributed by atoms with Gasteiger partial charge in [0.25, 0.3) is 0 Å². The third-order valence-electron chi connectivity index (χ3n) is 2.51. The number of thiophene rings is 1. The summed E-state index contributed by atoms with van der Waals surface area (Å²) in [5.41, 5.74) is 4.04. The summed E-state index contributed by atoms with van der Waals surface area (Å²) in [6, 6.07) is 2.02. The molecule has 0 bridgehead atoms. The van der Waals surface area contributed by atoms with Gasteiger partial charge in [0.15, 0.2) is 0 Å². The molecule has 4 heteroatoms. The first kappa shape index (κ1) is 11.8. The Balaban J connectivity index is 2.58. The lowest BCUT2D eigenvalue weighted by Gasteiger charge is -2.05. The molecule has 0 spiro atoms. The molecule has 0 aromatic carbocycles. The van der Waals surface area contributed by atoms with E-state index in [0.29, 0.717) is 4.88 Å². The van der Waals surface area contributed by atoms with Crippen LogP contribution in [0.25, 0.3) is 11.1 Å². The number of rotatable bonds is 2. The molecule has 0 aliphatic carbocycles. The van der Waals surface area contributed by atoms with Gasteiger partial charge in [0, 0.05) is 23.5 Å². The summed E-state index contributed by atoms with van der Waals surface area (Å²) >= 11 is 1.41. The summed E-state index contributed by atoms with van der Waals surface area (Å²) < 4.78 is 4.79. The normalized spacial score (nSPS) is 10.3. The fraction of sp³-hybridized carbons (Fsp3) is 0.231. The number of carbonyl (C=O) groups is 1. The second kappa shape index (κ2) is 4.67. The number of hydrogen-bond acceptors (Lipinski definition) is 4. The van der Waals surface area contributed by atoms with Crippen LogP contribution in [-0.4, -0.2) is 18.1 Å². The molecule has 0 fully saturated rings. The standard InChI is InChI=1S/C13H13NO2S/c1-8-4-10(6-14-5-8)11-9(2)7-17-12(11)13(15)16-3/h4-7H,1-3H3. The number of pyridine rings is 1. The Morgan fingerprint density at radius 1 is 1.35 bits per heavy atom. The molecule has 17 heavy (non-hydrogen) atoms. The molecule has 2 heterocycles. The van der Waals surface area contributed by atoms with E-state index >= 15 is 0 Å². The zero-order valence-corrected chi connectivity index (χ0v) is 10.8. The fourth-order valence-corrected chi connectivity index (χ4v) is 2.73. The van der Waals surface area contributed by atoms with Crippen LogP contribution in [0.5, 0.6) is 0 Å². The third kappa shape index (κ3) is 2.22. The van der Waals surface area contributed by atoms with Crippen molar-refractivity contribution in [3.05, 3.63) is 39.8 Å². The summed E-state index contributed by atoms with van der Waals surface area (Å²) in [4.78, 5) is 16.5. The largest absolute Gasteiger partial charge is 0.465 e. The Kier molecular flexibility index (Phi) is 3.24. The zero-order valence-electron chi connectivity index (χ0n) is 9.98. The van der Waals surface area contributed by atoms with Gasteiger partial charge in [-0.05, 0) is 36.4 Å². The van der Waals surface area contributed by atoms with Crippen molar-refractivity contribution in [2.45, 2.75) is 13.8 Å². The van der Waals surface area contributed by atoms with E-state index in [1.54, 1.807) is 12.4 Å². The van der Waals surface area contributed by atoms with E-state index in [1.165, 1.54) is 18.4 Å². The molecule has 2 aromatic heterocycles. The van der Waals surface area contributed by atoms with Gasteiger partial charge in [0.2, 0.25) is 0 Å². The van der Waals surface area contributed by atoms with Crippen molar-refractivity contribution in [3.63, 3.8) is 0 Å². The maximum atomic E-state index is 11.7. The van der Waals surface area contributed by atoms with Crippen LogP contribution < -0.4 is 0 Å². The molecule has 0 aliphatic heterocycles. The molecular formula is C13H13NO2S. The predicted molar refractivity (Wildman–Crippen MR) is 68.4 cm³/mol. The number of ether oxygens (including phenoxy) is 1. The van der Waals surface area contributed by atoms with Crippen molar-refractivity contribution in [2.24, 2.45) is 0 Å². The molecule has 2 rings (SSSR count). The molecule has 0 amide bonds. The number of aromatic nitrogens is 1. The van der Waals surface area contributed by atoms with Crippen LogP contribution in [0, 0.1) is 13.8 Å². The summed E-state index contributed by atoms with van der Waals surface area (Å²) in [5, 5.41) is 1.96. The van der Waals surface area contributed by atoms with E-state index < -0.39 is 0 Å². The minimum atomic E-state index is -0.292. The van der Waals surface area contributed by atoms with Gasteiger partial charge in [0.05, 0.1) is 7.11 Å². The van der Waals surface area contributed by atoms with Gasteiger partial charge in [-0.1, -0.05) is 0 Å². The highest BCUT2D eigenvalue weighted by Gasteiger charge is 2.18. The molecule has 88 valence electrons. The quantitative estimate of drug-likeness (QED) is 0.765. The van der Waals surface area contributed by atoms with Gasteiger partial charge in [-0.2, -0.15) is 0 Å². The Morgan fingerprint density at radius 2 is 2.12 bits per heavy atom. The van der Waals surface area contributed by atoms with Gasteiger partial charge >= 0.3 is 5.97 Å². The zero-order chi connectivity index (χ0) is 12.4. The average molecular weight is 247 g/mol. The molecular weight excluding hydrogens is 234 g/mol. The van der Waals surface area contributed by atoms with Crippen molar-refractivity contribution in [3.8, 4) is 11.1 Å². The minimum absolute atomic E-state index is 0.292. The molecule has 0 unspecified atom stereocenters. The molecule has 3 nitrogen and oxygen atoms in total. The van der Waals surface area contributed by atoms with Crippen LogP contribution in [0.2, 0.25) is 0 Å². The van der Waals surface area contributed by atoms with Crippen molar-refractivity contribution in [1.29, 1.82) is 0 Å². The monoisotopic (exact) mass is 247 g/mol. The van der Waals surface area contributed by atoms with Gasteiger partial charge in [-0.3, -0.25) is 4.98 Å². The molecule has 0 saturated carbocycles. The van der Waals surface area contributed by atoms with Crippen LogP contribution in [0.4, 0.5) is 0 Å². The molecule has 0 atom stereocenters. The molecule has 0 saturated heterocycles. The Hall–Kier alpha value is -1.68. The van der Waals surface area contributed by atoms with Crippen LogP contribution in [-0.2, 0) is 4.74 Å². The van der Waals surface area contributed by atoms with Gasteiger partial charge in [-0.15, -0.1) is 11.3 Å². The Labute approximate surface area is 104 Å². The number of esters is 1. The van der Waals surface area contributed by atoms with Crippen LogP contribution in [0.15, 0.2) is 23.8 Å². The number of hydrogen-bond donors (Lipinski definition) is 0. The van der Waals surface area contributed by atoms with Crippen molar-refractivity contribution < 1.29 is 9.53 Å². The first-order chi connectivity index (χ1) is 8.13. The highest BCUT2D eigenvalue weighted by Crippen LogP contribution is 2.32. The number of carbonyl (C=O) groups excluding carboxylic acids is 1. The van der Waals surface area contributed by atoms with E-state index in [4.69, 9.17) is 4.74 Å². The molecule has 0 N–H and O–H groups in total. The molecule has 0 aliphatic rings. The van der Waals surface area contributed by atoms with Crippen molar-refractivity contribution in [1.82, 2.24) is 4.98 Å².